The van der Waals surface area contributed by atoms with Gasteiger partial charge in [-0.1, -0.05) is 82.1 Å². The minimum atomic E-state index is -0.713. The summed E-state index contributed by atoms with van der Waals surface area (Å²) in [5, 5.41) is 10.8. The SMILES string of the molecule is BrC1c2cccc3cccc(c23)C1Br.CC(C)CC(=O)O. The molecule has 0 amide bonds. The lowest BCUT2D eigenvalue weighted by molar-refractivity contribution is -0.137. The van der Waals surface area contributed by atoms with Crippen LogP contribution in [-0.4, -0.2) is 11.1 Å². The first-order chi connectivity index (χ1) is 9.91. The van der Waals surface area contributed by atoms with E-state index in [4.69, 9.17) is 5.11 Å². The van der Waals surface area contributed by atoms with Crippen LogP contribution in [0.2, 0.25) is 0 Å². The quantitative estimate of drug-likeness (QED) is 0.627. The maximum Gasteiger partial charge on any atom is 0.303 e. The number of carboxylic acids is 1. The Labute approximate surface area is 141 Å². The van der Waals surface area contributed by atoms with Crippen LogP contribution >= 0.6 is 31.9 Å². The first-order valence-electron chi connectivity index (χ1n) is 6.93. The van der Waals surface area contributed by atoms with Crippen molar-refractivity contribution in [3.63, 3.8) is 0 Å². The van der Waals surface area contributed by atoms with Crippen molar-refractivity contribution in [2.45, 2.75) is 29.9 Å². The van der Waals surface area contributed by atoms with E-state index in [9.17, 15) is 4.79 Å². The van der Waals surface area contributed by atoms with E-state index in [0.717, 1.165) is 0 Å². The number of halogens is 2. The third-order valence-corrected chi connectivity index (χ3v) is 6.16. The number of rotatable bonds is 2. The normalized spacial score (nSPS) is 19.5. The van der Waals surface area contributed by atoms with Gasteiger partial charge in [0, 0.05) is 6.42 Å². The second kappa shape index (κ2) is 6.93. The molecule has 4 heteroatoms. The van der Waals surface area contributed by atoms with Crippen molar-refractivity contribution in [1.29, 1.82) is 0 Å². The molecule has 0 bridgehead atoms. The van der Waals surface area contributed by atoms with Crippen LogP contribution in [0.25, 0.3) is 10.8 Å². The lowest BCUT2D eigenvalue weighted by Gasteiger charge is -2.06. The van der Waals surface area contributed by atoms with Crippen LogP contribution in [0.4, 0.5) is 0 Å². The predicted octanol–water partition coefficient (Wildman–Crippen LogP) is 5.84. The van der Waals surface area contributed by atoms with E-state index < -0.39 is 5.97 Å². The van der Waals surface area contributed by atoms with Crippen LogP contribution in [0, 0.1) is 5.92 Å². The molecule has 2 nitrogen and oxygen atoms in total. The molecule has 0 spiro atoms. The Morgan fingerprint density at radius 1 is 1.10 bits per heavy atom. The minimum Gasteiger partial charge on any atom is -0.481 e. The van der Waals surface area contributed by atoms with Crippen LogP contribution < -0.4 is 0 Å². The summed E-state index contributed by atoms with van der Waals surface area (Å²) in [6.45, 7) is 3.77. The van der Waals surface area contributed by atoms with E-state index >= 15 is 0 Å². The molecule has 0 heterocycles. The van der Waals surface area contributed by atoms with Gasteiger partial charge in [0.2, 0.25) is 0 Å². The Morgan fingerprint density at radius 3 is 1.90 bits per heavy atom. The van der Waals surface area contributed by atoms with Gasteiger partial charge in [-0.25, -0.2) is 0 Å². The molecule has 0 radical (unpaired) electrons. The third kappa shape index (κ3) is 3.67. The molecular formula is C17H18Br2O2. The summed E-state index contributed by atoms with van der Waals surface area (Å²) in [5.74, 6) is -0.438. The first kappa shape index (κ1) is 16.5. The number of carbonyl (C=O) groups is 1. The van der Waals surface area contributed by atoms with Gasteiger partial charge in [-0.3, -0.25) is 4.79 Å². The third-order valence-electron chi connectivity index (χ3n) is 3.40. The zero-order valence-electron chi connectivity index (χ0n) is 12.0. The number of benzene rings is 2. The van der Waals surface area contributed by atoms with Gasteiger partial charge in [0.25, 0.3) is 0 Å². The summed E-state index contributed by atoms with van der Waals surface area (Å²) >= 11 is 7.46. The van der Waals surface area contributed by atoms with E-state index in [1.54, 1.807) is 0 Å². The van der Waals surface area contributed by atoms with Crippen molar-refractivity contribution in [3.05, 3.63) is 47.5 Å². The van der Waals surface area contributed by atoms with Gasteiger partial charge in [-0.05, 0) is 27.8 Å². The first-order valence-corrected chi connectivity index (χ1v) is 8.76. The largest absolute Gasteiger partial charge is 0.481 e. The van der Waals surface area contributed by atoms with Gasteiger partial charge in [0.15, 0.2) is 0 Å². The fourth-order valence-corrected chi connectivity index (χ4v) is 3.86. The van der Waals surface area contributed by atoms with Crippen molar-refractivity contribution in [3.8, 4) is 0 Å². The van der Waals surface area contributed by atoms with E-state index in [2.05, 4.69) is 68.3 Å². The lowest BCUT2D eigenvalue weighted by Crippen LogP contribution is -1.99. The standard InChI is InChI=1S/C12H8Br2.C5H10O2/c13-11-8-5-1-3-7-4-2-6-9(10(7)8)12(11)14;1-4(2)3-5(6)7/h1-6,11-12H;4H,3H2,1-2H3,(H,6,7). The maximum atomic E-state index is 9.81. The average Bonchev–Trinajstić information content (AvgIpc) is 2.66. The van der Waals surface area contributed by atoms with Crippen LogP contribution in [0.3, 0.4) is 0 Å². The van der Waals surface area contributed by atoms with E-state index in [0.29, 0.717) is 9.65 Å². The highest BCUT2D eigenvalue weighted by atomic mass is 79.9. The zero-order chi connectivity index (χ0) is 15.6. The Hall–Kier alpha value is -0.870. The Balaban J connectivity index is 0.000000199. The minimum absolute atomic E-state index is 0.275. The zero-order valence-corrected chi connectivity index (χ0v) is 15.2. The average molecular weight is 414 g/mol. The fraction of sp³-hybridized carbons (Fsp3) is 0.353. The fourth-order valence-electron chi connectivity index (χ4n) is 2.52. The number of carboxylic acid groups (broad SMARTS) is 1. The molecule has 112 valence electrons. The molecule has 1 aliphatic carbocycles. The second-order valence-electron chi connectivity index (χ2n) is 5.59. The van der Waals surface area contributed by atoms with Crippen LogP contribution in [0.15, 0.2) is 36.4 Å². The van der Waals surface area contributed by atoms with Crippen molar-refractivity contribution in [2.24, 2.45) is 5.92 Å². The number of hydrogen-bond donors (Lipinski definition) is 1. The van der Waals surface area contributed by atoms with Crippen LogP contribution in [-0.2, 0) is 4.79 Å². The summed E-state index contributed by atoms with van der Waals surface area (Å²) in [6.07, 6.45) is 0.278. The van der Waals surface area contributed by atoms with Crippen molar-refractivity contribution in [2.75, 3.05) is 0 Å². The van der Waals surface area contributed by atoms with Crippen LogP contribution in [0.5, 0.6) is 0 Å². The second-order valence-corrected chi connectivity index (χ2v) is 7.56. The summed E-state index contributed by atoms with van der Waals surface area (Å²) in [4.78, 5) is 10.6. The molecule has 1 aliphatic rings. The molecule has 0 saturated heterocycles. The molecule has 0 fully saturated rings. The van der Waals surface area contributed by atoms with Gasteiger partial charge in [-0.2, -0.15) is 0 Å². The smallest absolute Gasteiger partial charge is 0.303 e. The number of alkyl halides is 2. The van der Waals surface area contributed by atoms with Gasteiger partial charge >= 0.3 is 5.97 Å². The summed E-state index contributed by atoms with van der Waals surface area (Å²) in [6, 6.07) is 13.0. The monoisotopic (exact) mass is 412 g/mol. The van der Waals surface area contributed by atoms with Crippen molar-refractivity contribution < 1.29 is 9.90 Å². The summed E-state index contributed by atoms with van der Waals surface area (Å²) in [7, 11) is 0. The topological polar surface area (TPSA) is 37.3 Å². The van der Waals surface area contributed by atoms with Gasteiger partial charge in [0.05, 0.1) is 9.65 Å². The molecule has 0 aromatic heterocycles. The molecular weight excluding hydrogens is 396 g/mol. The van der Waals surface area contributed by atoms with E-state index in [1.165, 1.54) is 21.9 Å². The maximum absolute atomic E-state index is 9.81. The molecule has 21 heavy (non-hydrogen) atoms. The lowest BCUT2D eigenvalue weighted by atomic mass is 10.1. The van der Waals surface area contributed by atoms with Gasteiger partial charge in [-0.15, -0.1) is 0 Å². The Kier molecular flexibility index (Phi) is 5.44. The molecule has 2 aromatic carbocycles. The highest BCUT2D eigenvalue weighted by Gasteiger charge is 2.30. The molecule has 0 aliphatic heterocycles. The number of hydrogen-bond acceptors (Lipinski definition) is 1. The van der Waals surface area contributed by atoms with Gasteiger partial charge in [0.1, 0.15) is 0 Å². The van der Waals surface area contributed by atoms with Crippen LogP contribution in [0.1, 0.15) is 41.0 Å². The molecule has 3 rings (SSSR count). The van der Waals surface area contributed by atoms with E-state index in [1.807, 2.05) is 13.8 Å². The molecule has 0 saturated carbocycles. The molecule has 2 atom stereocenters. The molecule has 1 N–H and O–H groups in total. The highest BCUT2D eigenvalue weighted by molar-refractivity contribution is 9.12. The van der Waals surface area contributed by atoms with E-state index in [-0.39, 0.29) is 12.3 Å². The Morgan fingerprint density at radius 2 is 1.57 bits per heavy atom. The van der Waals surface area contributed by atoms with Crippen molar-refractivity contribution in [1.82, 2.24) is 0 Å². The Bertz CT molecular complexity index is 610. The molecule has 2 unspecified atom stereocenters. The summed E-state index contributed by atoms with van der Waals surface area (Å²) < 4.78 is 0. The van der Waals surface area contributed by atoms with Crippen molar-refractivity contribution >= 4 is 48.6 Å². The highest BCUT2D eigenvalue weighted by Crippen LogP contribution is 2.52. The van der Waals surface area contributed by atoms with Gasteiger partial charge < -0.3 is 5.11 Å². The number of aliphatic carboxylic acids is 1. The summed E-state index contributed by atoms with van der Waals surface area (Å²) in [5.41, 5.74) is 2.81. The molecule has 2 aromatic rings. The predicted molar refractivity (Wildman–Crippen MR) is 94.4 cm³/mol.